The molecule has 4 nitrogen and oxygen atoms in total. The van der Waals surface area contributed by atoms with Crippen molar-refractivity contribution in [2.45, 2.75) is 13.8 Å². The van der Waals surface area contributed by atoms with Gasteiger partial charge in [0.15, 0.2) is 0 Å². The van der Waals surface area contributed by atoms with Crippen LogP contribution in [0, 0.1) is 13.8 Å². The molecule has 0 saturated carbocycles. The Morgan fingerprint density at radius 3 is 2.16 bits per heavy atom. The predicted molar refractivity (Wildman–Crippen MR) is 132 cm³/mol. The van der Waals surface area contributed by atoms with E-state index in [1.54, 1.807) is 17.7 Å². The summed E-state index contributed by atoms with van der Waals surface area (Å²) in [5.41, 5.74) is 8.00. The number of thiophene rings is 1. The first-order valence-electron chi connectivity index (χ1n) is 10.2. The molecule has 0 atom stereocenters. The minimum absolute atomic E-state index is 0.824. The largest absolute Gasteiger partial charge is 0.356 e. The van der Waals surface area contributed by atoms with Gasteiger partial charge in [0.1, 0.15) is 17.0 Å². The number of nitrogens with zero attached hydrogens (tertiary/aromatic N) is 2. The molecule has 0 aliphatic heterocycles. The average Bonchev–Trinajstić information content (AvgIpc) is 3.21. The van der Waals surface area contributed by atoms with E-state index in [0.717, 1.165) is 33.1 Å². The Hall–Kier alpha value is -3.70. The molecule has 0 bridgehead atoms. The van der Waals surface area contributed by atoms with Crippen molar-refractivity contribution in [3.8, 4) is 11.1 Å². The minimum atomic E-state index is 0.824. The van der Waals surface area contributed by atoms with Crippen molar-refractivity contribution in [1.82, 2.24) is 9.97 Å². The average molecular weight is 423 g/mol. The van der Waals surface area contributed by atoms with Crippen LogP contribution in [-0.2, 0) is 0 Å². The zero-order valence-corrected chi connectivity index (χ0v) is 18.2. The van der Waals surface area contributed by atoms with Crippen molar-refractivity contribution in [2.75, 3.05) is 10.6 Å². The number of nitrogens with one attached hydrogen (secondary N) is 2. The van der Waals surface area contributed by atoms with Crippen LogP contribution in [0.5, 0.6) is 0 Å². The second kappa shape index (κ2) is 8.20. The van der Waals surface area contributed by atoms with Crippen LogP contribution in [0.15, 0.2) is 84.5 Å². The van der Waals surface area contributed by atoms with Crippen LogP contribution >= 0.6 is 11.3 Å². The van der Waals surface area contributed by atoms with Crippen molar-refractivity contribution in [1.29, 1.82) is 0 Å². The number of benzene rings is 3. The fourth-order valence-corrected chi connectivity index (χ4v) is 4.65. The maximum absolute atomic E-state index is 4.57. The molecular weight excluding hydrogens is 400 g/mol. The van der Waals surface area contributed by atoms with Gasteiger partial charge in [-0.2, -0.15) is 0 Å². The fourth-order valence-electron chi connectivity index (χ4n) is 3.75. The highest BCUT2D eigenvalue weighted by molar-refractivity contribution is 7.17. The zero-order valence-electron chi connectivity index (χ0n) is 17.4. The molecule has 0 amide bonds. The quantitative estimate of drug-likeness (QED) is 0.308. The summed E-state index contributed by atoms with van der Waals surface area (Å²) in [6.45, 7) is 4.27. The van der Waals surface area contributed by atoms with Crippen molar-refractivity contribution in [2.24, 2.45) is 0 Å². The van der Waals surface area contributed by atoms with Crippen LogP contribution in [0.1, 0.15) is 11.1 Å². The van der Waals surface area contributed by atoms with Crippen molar-refractivity contribution >= 4 is 44.4 Å². The normalized spacial score (nSPS) is 10.9. The lowest BCUT2D eigenvalue weighted by Gasteiger charge is -2.11. The molecule has 0 saturated heterocycles. The summed E-state index contributed by atoms with van der Waals surface area (Å²) in [4.78, 5) is 10.0. The van der Waals surface area contributed by atoms with Crippen LogP contribution in [0.25, 0.3) is 21.3 Å². The van der Waals surface area contributed by atoms with Crippen LogP contribution in [0.2, 0.25) is 0 Å². The molecule has 5 heteroatoms. The van der Waals surface area contributed by atoms with Gasteiger partial charge in [-0.15, -0.1) is 11.3 Å². The molecule has 152 valence electrons. The topological polar surface area (TPSA) is 49.8 Å². The first kappa shape index (κ1) is 19.3. The number of aromatic nitrogens is 2. The SMILES string of the molecule is Cc1ccc(-c2csc3ncnc(Nc4ccc(Nc5ccccc5)cc4)c23)c(C)c1. The number of hydrogen-bond acceptors (Lipinski definition) is 5. The lowest BCUT2D eigenvalue weighted by molar-refractivity contribution is 1.23. The van der Waals surface area contributed by atoms with E-state index in [-0.39, 0.29) is 0 Å². The van der Waals surface area contributed by atoms with Crippen LogP contribution in [0.3, 0.4) is 0 Å². The third kappa shape index (κ3) is 4.00. The Balaban J connectivity index is 1.46. The summed E-state index contributed by atoms with van der Waals surface area (Å²) in [7, 11) is 0. The Morgan fingerprint density at radius 1 is 0.710 bits per heavy atom. The number of aryl methyl sites for hydroxylation is 2. The molecule has 2 N–H and O–H groups in total. The number of hydrogen-bond donors (Lipinski definition) is 2. The standard InChI is InChI=1S/C26H22N4S/c1-17-8-13-22(18(2)14-17)23-15-31-26-24(23)25(27-16-28-26)30-21-11-9-20(10-12-21)29-19-6-4-3-5-7-19/h3-16,29H,1-2H3,(H,27,28,30). The molecule has 5 rings (SSSR count). The van der Waals surface area contributed by atoms with E-state index in [9.17, 15) is 0 Å². The Morgan fingerprint density at radius 2 is 1.42 bits per heavy atom. The molecule has 31 heavy (non-hydrogen) atoms. The number of rotatable bonds is 5. The molecule has 0 spiro atoms. The van der Waals surface area contributed by atoms with E-state index in [0.29, 0.717) is 0 Å². The summed E-state index contributed by atoms with van der Waals surface area (Å²) >= 11 is 1.65. The molecule has 2 heterocycles. The fraction of sp³-hybridized carbons (Fsp3) is 0.0769. The van der Waals surface area contributed by atoms with Crippen molar-refractivity contribution in [3.63, 3.8) is 0 Å². The van der Waals surface area contributed by atoms with Gasteiger partial charge < -0.3 is 10.6 Å². The maximum Gasteiger partial charge on any atom is 0.143 e. The Kier molecular flexibility index (Phi) is 5.10. The summed E-state index contributed by atoms with van der Waals surface area (Å²) in [5, 5.41) is 10.1. The first-order chi connectivity index (χ1) is 15.2. The van der Waals surface area contributed by atoms with Gasteiger partial charge >= 0.3 is 0 Å². The second-order valence-corrected chi connectivity index (χ2v) is 8.42. The Bertz CT molecular complexity index is 1340. The van der Waals surface area contributed by atoms with E-state index in [1.165, 1.54) is 22.3 Å². The highest BCUT2D eigenvalue weighted by Gasteiger charge is 2.15. The predicted octanol–water partition coefficient (Wildman–Crippen LogP) is 7.46. The van der Waals surface area contributed by atoms with Crippen molar-refractivity contribution < 1.29 is 0 Å². The van der Waals surface area contributed by atoms with E-state index in [4.69, 9.17) is 0 Å². The summed E-state index contributed by atoms with van der Waals surface area (Å²) < 4.78 is 0. The van der Waals surface area contributed by atoms with Gasteiger partial charge in [-0.3, -0.25) is 0 Å². The lowest BCUT2D eigenvalue weighted by Crippen LogP contribution is -1.96. The van der Waals surface area contributed by atoms with Crippen LogP contribution in [0.4, 0.5) is 22.9 Å². The molecule has 2 aromatic heterocycles. The van der Waals surface area contributed by atoms with Gasteiger partial charge in [0.05, 0.1) is 5.39 Å². The van der Waals surface area contributed by atoms with Gasteiger partial charge in [0.25, 0.3) is 0 Å². The van der Waals surface area contributed by atoms with Gasteiger partial charge in [-0.05, 0) is 61.4 Å². The van der Waals surface area contributed by atoms with E-state index >= 15 is 0 Å². The molecule has 5 aromatic rings. The van der Waals surface area contributed by atoms with Crippen molar-refractivity contribution in [3.05, 3.63) is 95.6 Å². The molecule has 0 aliphatic carbocycles. The third-order valence-corrected chi connectivity index (χ3v) is 6.14. The molecular formula is C26H22N4S. The van der Waals surface area contributed by atoms with Gasteiger partial charge in [0.2, 0.25) is 0 Å². The monoisotopic (exact) mass is 422 g/mol. The van der Waals surface area contributed by atoms with Gasteiger partial charge in [0, 0.05) is 28.0 Å². The smallest absolute Gasteiger partial charge is 0.143 e. The summed E-state index contributed by atoms with van der Waals surface area (Å²) in [5.74, 6) is 0.824. The highest BCUT2D eigenvalue weighted by Crippen LogP contribution is 2.39. The number of para-hydroxylation sites is 1. The third-order valence-electron chi connectivity index (χ3n) is 5.25. The van der Waals surface area contributed by atoms with E-state index in [1.807, 2.05) is 18.2 Å². The number of anilines is 4. The van der Waals surface area contributed by atoms with Crippen LogP contribution in [-0.4, -0.2) is 9.97 Å². The van der Waals surface area contributed by atoms with E-state index < -0.39 is 0 Å². The minimum Gasteiger partial charge on any atom is -0.356 e. The maximum atomic E-state index is 4.57. The van der Waals surface area contributed by atoms with E-state index in [2.05, 4.69) is 94.4 Å². The zero-order chi connectivity index (χ0) is 21.2. The molecule has 0 radical (unpaired) electrons. The Labute approximate surface area is 185 Å². The molecule has 0 unspecified atom stereocenters. The highest BCUT2D eigenvalue weighted by atomic mass is 32.1. The molecule has 0 aliphatic rings. The first-order valence-corrected chi connectivity index (χ1v) is 11.0. The van der Waals surface area contributed by atoms with Crippen LogP contribution < -0.4 is 10.6 Å². The summed E-state index contributed by atoms with van der Waals surface area (Å²) in [6, 6.07) is 25.0. The lowest BCUT2D eigenvalue weighted by atomic mass is 9.99. The second-order valence-electron chi connectivity index (χ2n) is 7.56. The molecule has 0 fully saturated rings. The van der Waals surface area contributed by atoms with Gasteiger partial charge in [-0.25, -0.2) is 9.97 Å². The molecule has 3 aromatic carbocycles. The van der Waals surface area contributed by atoms with Gasteiger partial charge in [-0.1, -0.05) is 42.0 Å². The number of fused-ring (bicyclic) bond motifs is 1. The summed E-state index contributed by atoms with van der Waals surface area (Å²) in [6.07, 6.45) is 1.62.